The van der Waals surface area contributed by atoms with Crippen LogP contribution in [0, 0.1) is 0 Å². The maximum atomic E-state index is 14.5. The molecule has 76 heavy (non-hydrogen) atoms. The topological polar surface area (TPSA) is 418 Å². The van der Waals surface area contributed by atoms with Gasteiger partial charge in [0.15, 0.2) is 5.96 Å². The number of primary amides is 3. The average molecular weight is 1100 g/mol. The van der Waals surface area contributed by atoms with E-state index >= 15 is 0 Å². The van der Waals surface area contributed by atoms with Crippen LogP contribution in [0.3, 0.4) is 0 Å². The zero-order valence-corrected chi connectivity index (χ0v) is 44.6. The zero-order valence-electron chi connectivity index (χ0n) is 42.8. The highest BCUT2D eigenvalue weighted by atomic mass is 32.1. The second kappa shape index (κ2) is 30.2. The van der Waals surface area contributed by atoms with Crippen molar-refractivity contribution >= 4 is 96.2 Å². The van der Waals surface area contributed by atoms with Gasteiger partial charge in [0.25, 0.3) is 0 Å². The SMILES string of the molecule is NC(=O)CC[C@H](NC(=O)[C@H](Cc1ccccc1)NC(=O)C1(NC(=O)CC2(S)CCCCC2)CCCCC1)C(=O)N[C@@H](CC(N)=O)C(=O)N[C@@H](CS)C(=O)N1CCC[C@H]1C(=O)N[C@H](CCCN=C(N)N)C(=O)NCC(N)=O. The number of guanidine groups is 1. The normalized spacial score (nSPS) is 18.6. The van der Waals surface area contributed by atoms with Crippen LogP contribution < -0.4 is 65.9 Å². The molecule has 17 N–H and O–H groups in total. The lowest BCUT2D eigenvalue weighted by molar-refractivity contribution is -0.142. The Morgan fingerprint density at radius 1 is 0.658 bits per heavy atom. The Morgan fingerprint density at radius 2 is 1.25 bits per heavy atom. The van der Waals surface area contributed by atoms with E-state index in [0.717, 1.165) is 38.5 Å². The van der Waals surface area contributed by atoms with E-state index in [1.54, 1.807) is 30.3 Å². The molecule has 3 fully saturated rings. The van der Waals surface area contributed by atoms with Crippen molar-refractivity contribution in [2.24, 2.45) is 33.7 Å². The molecule has 6 atom stereocenters. The van der Waals surface area contributed by atoms with Crippen LogP contribution >= 0.6 is 25.3 Å². The number of aliphatic imine (C=N–C) groups is 1. The zero-order chi connectivity index (χ0) is 56.0. The molecule has 2 saturated carbocycles. The van der Waals surface area contributed by atoms with Gasteiger partial charge in [-0.2, -0.15) is 25.3 Å². The molecular formula is C49H76N14O11S2. The molecule has 1 aromatic carbocycles. The summed E-state index contributed by atoms with van der Waals surface area (Å²) in [5.41, 5.74) is 26.2. The number of nitrogens with one attached hydrogen (secondary N) is 7. The van der Waals surface area contributed by atoms with Crippen molar-refractivity contribution in [1.29, 1.82) is 0 Å². The van der Waals surface area contributed by atoms with Crippen molar-refractivity contribution < 1.29 is 52.7 Å². The quantitative estimate of drug-likeness (QED) is 0.0167. The number of thiol groups is 2. The molecule has 0 radical (unpaired) electrons. The van der Waals surface area contributed by atoms with E-state index in [9.17, 15) is 52.7 Å². The van der Waals surface area contributed by atoms with Gasteiger partial charge >= 0.3 is 0 Å². The van der Waals surface area contributed by atoms with Crippen LogP contribution in [0.1, 0.15) is 121 Å². The maximum absolute atomic E-state index is 14.5. The number of nitrogens with two attached hydrogens (primary N) is 5. The Labute approximate surface area is 452 Å². The number of carbonyl (C=O) groups is 11. The smallest absolute Gasteiger partial charge is 0.246 e. The summed E-state index contributed by atoms with van der Waals surface area (Å²) >= 11 is 9.13. The first kappa shape index (κ1) is 61.9. The van der Waals surface area contributed by atoms with Crippen LogP contribution in [-0.4, -0.2) is 148 Å². The fraction of sp³-hybridized carbons (Fsp3) is 0.633. The van der Waals surface area contributed by atoms with Crippen molar-refractivity contribution in [3.8, 4) is 0 Å². The molecule has 27 heteroatoms. The van der Waals surface area contributed by atoms with E-state index in [0.29, 0.717) is 37.7 Å². The van der Waals surface area contributed by atoms with E-state index in [2.05, 4.69) is 54.8 Å². The summed E-state index contributed by atoms with van der Waals surface area (Å²) < 4.78 is -0.507. The largest absolute Gasteiger partial charge is 0.370 e. The first-order valence-electron chi connectivity index (χ1n) is 25.7. The van der Waals surface area contributed by atoms with Crippen LogP contribution in [-0.2, 0) is 59.2 Å². The molecule has 1 saturated heterocycles. The molecule has 420 valence electrons. The highest BCUT2D eigenvalue weighted by Gasteiger charge is 2.45. The van der Waals surface area contributed by atoms with Crippen LogP contribution in [0.2, 0.25) is 0 Å². The van der Waals surface area contributed by atoms with E-state index in [-0.39, 0.29) is 62.8 Å². The van der Waals surface area contributed by atoms with Crippen LogP contribution in [0.4, 0.5) is 0 Å². The number of carbonyl (C=O) groups excluding carboxylic acids is 11. The van der Waals surface area contributed by atoms with Crippen molar-refractivity contribution in [2.75, 3.05) is 25.4 Å². The number of rotatable bonds is 29. The van der Waals surface area contributed by atoms with Crippen molar-refractivity contribution in [3.63, 3.8) is 0 Å². The predicted molar refractivity (Wildman–Crippen MR) is 286 cm³/mol. The van der Waals surface area contributed by atoms with Crippen LogP contribution in [0.5, 0.6) is 0 Å². The molecule has 1 aromatic rings. The highest BCUT2D eigenvalue weighted by Crippen LogP contribution is 2.37. The summed E-state index contributed by atoms with van der Waals surface area (Å²) in [6.07, 6.45) is 6.42. The third-order valence-corrected chi connectivity index (χ3v) is 14.7. The van der Waals surface area contributed by atoms with E-state index in [4.69, 9.17) is 41.3 Å². The Morgan fingerprint density at radius 3 is 1.86 bits per heavy atom. The second-order valence-electron chi connectivity index (χ2n) is 19.8. The molecule has 1 heterocycles. The van der Waals surface area contributed by atoms with E-state index in [1.165, 1.54) is 4.90 Å². The average Bonchev–Trinajstić information content (AvgIpc) is 3.87. The van der Waals surface area contributed by atoms with Gasteiger partial charge in [-0.15, -0.1) is 0 Å². The van der Waals surface area contributed by atoms with Gasteiger partial charge in [0.2, 0.25) is 65.0 Å². The minimum atomic E-state index is -1.76. The van der Waals surface area contributed by atoms with Gasteiger partial charge in [0.05, 0.1) is 13.0 Å². The summed E-state index contributed by atoms with van der Waals surface area (Å²) in [5, 5.41) is 18.3. The Bertz CT molecular complexity index is 2280. The number of hydrogen-bond acceptors (Lipinski definition) is 14. The third kappa shape index (κ3) is 19.8. The van der Waals surface area contributed by atoms with Crippen molar-refractivity contribution in [1.82, 2.24) is 42.1 Å². The second-order valence-corrected chi connectivity index (χ2v) is 21.1. The molecule has 1 aliphatic heterocycles. The lowest BCUT2D eigenvalue weighted by Gasteiger charge is -2.39. The lowest BCUT2D eigenvalue weighted by atomic mass is 9.79. The van der Waals surface area contributed by atoms with Gasteiger partial charge < -0.3 is 70.8 Å². The highest BCUT2D eigenvalue weighted by molar-refractivity contribution is 7.81. The summed E-state index contributed by atoms with van der Waals surface area (Å²) in [5.74, 6) is -9.36. The molecule has 2 aliphatic carbocycles. The summed E-state index contributed by atoms with van der Waals surface area (Å²) in [7, 11) is 0. The number of amides is 11. The predicted octanol–water partition coefficient (Wildman–Crippen LogP) is -2.79. The number of nitrogens with zero attached hydrogens (tertiary/aromatic N) is 2. The molecular weight excluding hydrogens is 1020 g/mol. The summed E-state index contributed by atoms with van der Waals surface area (Å²) in [4.78, 5) is 152. The third-order valence-electron chi connectivity index (χ3n) is 13.7. The van der Waals surface area contributed by atoms with Gasteiger partial charge in [-0.1, -0.05) is 68.9 Å². The Hall–Kier alpha value is -6.64. The van der Waals surface area contributed by atoms with Crippen LogP contribution in [0.15, 0.2) is 35.3 Å². The summed E-state index contributed by atoms with van der Waals surface area (Å²) in [6.45, 7) is -0.335. The number of likely N-dealkylation sites (tertiary alicyclic amines) is 1. The fourth-order valence-electron chi connectivity index (χ4n) is 9.73. The fourth-order valence-corrected chi connectivity index (χ4v) is 10.4. The molecule has 0 unspecified atom stereocenters. The van der Waals surface area contributed by atoms with Gasteiger partial charge in [0, 0.05) is 42.9 Å². The molecule has 0 aromatic heterocycles. The lowest BCUT2D eigenvalue weighted by Crippen LogP contribution is -2.64. The Kier molecular flexibility index (Phi) is 24.6. The maximum Gasteiger partial charge on any atom is 0.246 e. The first-order valence-corrected chi connectivity index (χ1v) is 26.8. The monoisotopic (exact) mass is 1100 g/mol. The molecule has 11 amide bonds. The van der Waals surface area contributed by atoms with Crippen molar-refractivity contribution in [2.45, 2.75) is 169 Å². The molecule has 3 aliphatic rings. The van der Waals surface area contributed by atoms with E-state index < -0.39 is 131 Å². The molecule has 25 nitrogen and oxygen atoms in total. The minimum absolute atomic E-state index is 0.0349. The Balaban J connectivity index is 1.52. The number of hydrogen-bond donors (Lipinski definition) is 14. The minimum Gasteiger partial charge on any atom is -0.370 e. The summed E-state index contributed by atoms with van der Waals surface area (Å²) in [6, 6.07) is 0.268. The standard InChI is InChI=1S/C49H76N14O11S2/c50-36(64)17-16-31(57-42(70)32(24-29-12-4-1-5-13-29)61-46(74)49(20-8-3-9-21-49)62-39(67)26-48(76)18-6-2-7-19-48)41(69)59-33(25-37(51)65)43(71)60-34(28-75)45(73)63-23-11-15-35(63)44(72)58-30(14-10-22-55-47(53)54)40(68)56-27-38(52)66/h1,4-5,12-13,30-35,75-76H,2-3,6-11,14-28H2,(H2,50,64)(H2,51,65)(H2,52,66)(H,56,68)(H,57,70)(H,58,72)(H,59,69)(H,60,71)(H,61,74)(H,62,67)(H4,53,54,55)/t30-,31+,32+,33+,34+,35+/m1/s1. The van der Waals surface area contributed by atoms with Gasteiger partial charge in [0.1, 0.15) is 41.8 Å². The van der Waals surface area contributed by atoms with Gasteiger partial charge in [-0.25, -0.2) is 0 Å². The van der Waals surface area contributed by atoms with Gasteiger partial charge in [-0.3, -0.25) is 57.7 Å². The van der Waals surface area contributed by atoms with Crippen molar-refractivity contribution in [3.05, 3.63) is 35.9 Å². The molecule has 4 rings (SSSR count). The first-order chi connectivity index (χ1) is 36.0. The number of benzene rings is 1. The van der Waals surface area contributed by atoms with E-state index in [1.807, 2.05) is 0 Å². The van der Waals surface area contributed by atoms with Gasteiger partial charge in [-0.05, 0) is 63.4 Å². The molecule has 0 bridgehead atoms. The van der Waals surface area contributed by atoms with Crippen LogP contribution in [0.25, 0.3) is 0 Å². The molecule has 0 spiro atoms.